The molecular formula is C12H17NO3. The molecule has 0 spiro atoms. The van der Waals surface area contributed by atoms with Crippen LogP contribution in [-0.4, -0.2) is 24.7 Å². The zero-order valence-electron chi connectivity index (χ0n) is 9.78. The Balaban J connectivity index is 2.85. The number of hydrogen-bond acceptors (Lipinski definition) is 4. The molecule has 0 saturated heterocycles. The number of phenols is 1. The van der Waals surface area contributed by atoms with E-state index >= 15 is 0 Å². The standard InChI is InChI=1S/C12H17NO3/c1-8(2)7-13-9-4-5-11(14)10(6-9)12(15)16-3/h4-6,8,13-14H,7H2,1-3H3. The Labute approximate surface area is 95.2 Å². The Morgan fingerprint density at radius 1 is 1.50 bits per heavy atom. The van der Waals surface area contributed by atoms with Crippen LogP contribution in [0.4, 0.5) is 5.69 Å². The van der Waals surface area contributed by atoms with Crippen LogP contribution in [-0.2, 0) is 4.74 Å². The number of methoxy groups -OCH3 is 1. The third-order valence-corrected chi connectivity index (χ3v) is 2.12. The van der Waals surface area contributed by atoms with Gasteiger partial charge >= 0.3 is 5.97 Å². The van der Waals surface area contributed by atoms with Gasteiger partial charge in [-0.2, -0.15) is 0 Å². The average Bonchev–Trinajstić information content (AvgIpc) is 2.27. The average molecular weight is 223 g/mol. The molecule has 0 aromatic heterocycles. The molecule has 1 aromatic carbocycles. The van der Waals surface area contributed by atoms with E-state index in [9.17, 15) is 9.90 Å². The van der Waals surface area contributed by atoms with Crippen LogP contribution < -0.4 is 5.32 Å². The van der Waals surface area contributed by atoms with E-state index in [2.05, 4.69) is 23.9 Å². The van der Waals surface area contributed by atoms with Gasteiger partial charge in [0.05, 0.1) is 7.11 Å². The number of nitrogens with one attached hydrogen (secondary N) is 1. The Bertz CT molecular complexity index is 375. The van der Waals surface area contributed by atoms with Crippen molar-refractivity contribution in [1.29, 1.82) is 0 Å². The predicted molar refractivity (Wildman–Crippen MR) is 62.8 cm³/mol. The molecule has 4 heteroatoms. The van der Waals surface area contributed by atoms with Crippen LogP contribution in [0.15, 0.2) is 18.2 Å². The fraction of sp³-hybridized carbons (Fsp3) is 0.417. The molecule has 88 valence electrons. The first-order valence-electron chi connectivity index (χ1n) is 5.19. The van der Waals surface area contributed by atoms with Crippen LogP contribution in [0.3, 0.4) is 0 Å². The molecule has 0 amide bonds. The molecule has 0 unspecified atom stereocenters. The van der Waals surface area contributed by atoms with Gasteiger partial charge in [0.15, 0.2) is 0 Å². The lowest BCUT2D eigenvalue weighted by Gasteiger charge is -2.10. The Morgan fingerprint density at radius 2 is 2.19 bits per heavy atom. The molecule has 0 aliphatic carbocycles. The van der Waals surface area contributed by atoms with Gasteiger partial charge in [-0.15, -0.1) is 0 Å². The molecule has 0 saturated carbocycles. The lowest BCUT2D eigenvalue weighted by molar-refractivity contribution is 0.0597. The molecule has 16 heavy (non-hydrogen) atoms. The lowest BCUT2D eigenvalue weighted by Crippen LogP contribution is -2.09. The van der Waals surface area contributed by atoms with Crippen molar-refractivity contribution in [1.82, 2.24) is 0 Å². The number of aromatic hydroxyl groups is 1. The quantitative estimate of drug-likeness (QED) is 0.607. The van der Waals surface area contributed by atoms with Crippen LogP contribution >= 0.6 is 0 Å². The van der Waals surface area contributed by atoms with Gasteiger partial charge in [-0.25, -0.2) is 4.79 Å². The maximum absolute atomic E-state index is 11.3. The number of anilines is 1. The van der Waals surface area contributed by atoms with Gasteiger partial charge in [0.25, 0.3) is 0 Å². The highest BCUT2D eigenvalue weighted by Crippen LogP contribution is 2.22. The first-order valence-corrected chi connectivity index (χ1v) is 5.19. The van der Waals surface area contributed by atoms with E-state index in [1.165, 1.54) is 13.2 Å². The van der Waals surface area contributed by atoms with Crippen molar-refractivity contribution < 1.29 is 14.6 Å². The summed E-state index contributed by atoms with van der Waals surface area (Å²) in [6.07, 6.45) is 0. The second kappa shape index (κ2) is 5.39. The van der Waals surface area contributed by atoms with Crippen LogP contribution in [0, 0.1) is 5.92 Å². The Kier molecular flexibility index (Phi) is 4.17. The fourth-order valence-corrected chi connectivity index (χ4v) is 1.24. The highest BCUT2D eigenvalue weighted by molar-refractivity contribution is 5.93. The van der Waals surface area contributed by atoms with Crippen molar-refractivity contribution in [3.05, 3.63) is 23.8 Å². The summed E-state index contributed by atoms with van der Waals surface area (Å²) >= 11 is 0. The molecule has 0 aliphatic heterocycles. The van der Waals surface area contributed by atoms with Crippen molar-refractivity contribution in [3.8, 4) is 5.75 Å². The molecular weight excluding hydrogens is 206 g/mol. The minimum absolute atomic E-state index is 0.0676. The summed E-state index contributed by atoms with van der Waals surface area (Å²) in [6.45, 7) is 4.99. The van der Waals surface area contributed by atoms with Gasteiger partial charge in [0.1, 0.15) is 11.3 Å². The highest BCUT2D eigenvalue weighted by atomic mass is 16.5. The number of phenolic OH excluding ortho intramolecular Hbond substituents is 1. The van der Waals surface area contributed by atoms with E-state index in [-0.39, 0.29) is 11.3 Å². The second-order valence-electron chi connectivity index (χ2n) is 4.00. The molecule has 0 bridgehead atoms. The van der Waals surface area contributed by atoms with Crippen molar-refractivity contribution in [2.24, 2.45) is 5.92 Å². The molecule has 1 rings (SSSR count). The SMILES string of the molecule is COC(=O)c1cc(NCC(C)C)ccc1O. The molecule has 0 aliphatic rings. The highest BCUT2D eigenvalue weighted by Gasteiger charge is 2.11. The van der Waals surface area contributed by atoms with Crippen LogP contribution in [0.5, 0.6) is 5.75 Å². The number of esters is 1. The molecule has 2 N–H and O–H groups in total. The monoisotopic (exact) mass is 223 g/mol. The number of benzene rings is 1. The van der Waals surface area contributed by atoms with Crippen molar-refractivity contribution in [2.45, 2.75) is 13.8 Å². The van der Waals surface area contributed by atoms with Crippen LogP contribution in [0.2, 0.25) is 0 Å². The summed E-state index contributed by atoms with van der Waals surface area (Å²) in [6, 6.07) is 4.79. The number of hydrogen-bond donors (Lipinski definition) is 2. The number of rotatable bonds is 4. The first kappa shape index (κ1) is 12.4. The third-order valence-electron chi connectivity index (χ3n) is 2.12. The lowest BCUT2D eigenvalue weighted by atomic mass is 10.1. The van der Waals surface area contributed by atoms with E-state index in [1.807, 2.05) is 0 Å². The molecule has 0 atom stereocenters. The van der Waals surface area contributed by atoms with Gasteiger partial charge in [-0.3, -0.25) is 0 Å². The summed E-state index contributed by atoms with van der Waals surface area (Å²) in [5.74, 6) is -0.0944. The molecule has 0 radical (unpaired) electrons. The largest absolute Gasteiger partial charge is 0.507 e. The van der Waals surface area contributed by atoms with Crippen LogP contribution in [0.1, 0.15) is 24.2 Å². The molecule has 1 aromatic rings. The van der Waals surface area contributed by atoms with E-state index < -0.39 is 5.97 Å². The summed E-state index contributed by atoms with van der Waals surface area (Å²) in [7, 11) is 1.29. The first-order chi connectivity index (χ1) is 7.54. The third kappa shape index (κ3) is 3.15. The number of ether oxygens (including phenoxy) is 1. The van der Waals surface area contributed by atoms with Crippen molar-refractivity contribution in [3.63, 3.8) is 0 Å². The van der Waals surface area contributed by atoms with Gasteiger partial charge in [-0.1, -0.05) is 13.8 Å². The summed E-state index contributed by atoms with van der Waals surface area (Å²) < 4.78 is 4.57. The Hall–Kier alpha value is -1.71. The Morgan fingerprint density at radius 3 is 2.75 bits per heavy atom. The summed E-state index contributed by atoms with van der Waals surface area (Å²) in [4.78, 5) is 11.3. The molecule has 0 fully saturated rings. The van der Waals surface area contributed by atoms with Crippen LogP contribution in [0.25, 0.3) is 0 Å². The second-order valence-corrected chi connectivity index (χ2v) is 4.00. The number of carbonyl (C=O) groups is 1. The minimum atomic E-state index is -0.536. The maximum Gasteiger partial charge on any atom is 0.341 e. The zero-order valence-corrected chi connectivity index (χ0v) is 9.78. The predicted octanol–water partition coefficient (Wildman–Crippen LogP) is 2.25. The molecule has 4 nitrogen and oxygen atoms in total. The zero-order chi connectivity index (χ0) is 12.1. The van der Waals surface area contributed by atoms with E-state index in [4.69, 9.17) is 0 Å². The maximum atomic E-state index is 11.3. The molecule has 0 heterocycles. The number of carbonyl (C=O) groups excluding carboxylic acids is 1. The van der Waals surface area contributed by atoms with E-state index in [0.717, 1.165) is 12.2 Å². The fourth-order valence-electron chi connectivity index (χ4n) is 1.24. The van der Waals surface area contributed by atoms with Gasteiger partial charge in [0, 0.05) is 12.2 Å². The van der Waals surface area contributed by atoms with Crippen molar-refractivity contribution >= 4 is 11.7 Å². The van der Waals surface area contributed by atoms with Crippen molar-refractivity contribution in [2.75, 3.05) is 19.0 Å². The van der Waals surface area contributed by atoms with Gasteiger partial charge in [-0.05, 0) is 24.1 Å². The van der Waals surface area contributed by atoms with E-state index in [1.54, 1.807) is 12.1 Å². The smallest absolute Gasteiger partial charge is 0.341 e. The minimum Gasteiger partial charge on any atom is -0.507 e. The topological polar surface area (TPSA) is 58.6 Å². The van der Waals surface area contributed by atoms with Gasteiger partial charge in [0.2, 0.25) is 0 Å². The van der Waals surface area contributed by atoms with Gasteiger partial charge < -0.3 is 15.2 Å². The summed E-state index contributed by atoms with van der Waals surface area (Å²) in [5, 5.41) is 12.7. The summed E-state index contributed by atoms with van der Waals surface area (Å²) in [5.41, 5.74) is 0.975. The van der Waals surface area contributed by atoms with E-state index in [0.29, 0.717) is 5.92 Å². The normalized spacial score (nSPS) is 10.2.